The molecule has 1 fully saturated rings. The Kier molecular flexibility index (Phi) is 5.41. The van der Waals surface area contributed by atoms with Crippen molar-refractivity contribution in [3.63, 3.8) is 0 Å². The Labute approximate surface area is 147 Å². The van der Waals surface area contributed by atoms with Gasteiger partial charge in [-0.25, -0.2) is 13.4 Å². The minimum atomic E-state index is -3.52. The Hall–Kier alpha value is -1.90. The standard InChI is InChI=1S/C17H22N2O5S/c1-12-18-16(10-24-12)13-3-5-15(6-4-13)19-25(20,21)11-17(22-2)14-7-8-23-9-14/h3-6,10,14,17,19H,7-9,11H2,1-2H3. The zero-order valence-corrected chi connectivity index (χ0v) is 15.1. The molecule has 136 valence electrons. The van der Waals surface area contributed by atoms with Gasteiger partial charge in [0.2, 0.25) is 10.0 Å². The van der Waals surface area contributed by atoms with E-state index < -0.39 is 10.0 Å². The number of rotatable bonds is 7. The molecule has 0 amide bonds. The highest BCUT2D eigenvalue weighted by molar-refractivity contribution is 7.92. The van der Waals surface area contributed by atoms with Crippen LogP contribution in [0.2, 0.25) is 0 Å². The maximum Gasteiger partial charge on any atom is 0.235 e. The molecule has 25 heavy (non-hydrogen) atoms. The van der Waals surface area contributed by atoms with E-state index in [-0.39, 0.29) is 17.8 Å². The lowest BCUT2D eigenvalue weighted by Gasteiger charge is -2.21. The van der Waals surface area contributed by atoms with Gasteiger partial charge in [0, 0.05) is 37.8 Å². The van der Waals surface area contributed by atoms with E-state index in [1.165, 1.54) is 7.11 Å². The van der Waals surface area contributed by atoms with Gasteiger partial charge in [-0.1, -0.05) is 12.1 Å². The number of hydrogen-bond acceptors (Lipinski definition) is 6. The van der Waals surface area contributed by atoms with Crippen molar-refractivity contribution in [2.45, 2.75) is 19.4 Å². The molecule has 1 aliphatic heterocycles. The number of hydrogen-bond donors (Lipinski definition) is 1. The molecule has 2 heterocycles. The van der Waals surface area contributed by atoms with Crippen molar-refractivity contribution in [3.05, 3.63) is 36.4 Å². The minimum Gasteiger partial charge on any atom is -0.449 e. The van der Waals surface area contributed by atoms with Crippen molar-refractivity contribution in [2.75, 3.05) is 30.8 Å². The van der Waals surface area contributed by atoms with E-state index in [1.54, 1.807) is 37.5 Å². The number of sulfonamides is 1. The van der Waals surface area contributed by atoms with Gasteiger partial charge in [-0.3, -0.25) is 4.72 Å². The van der Waals surface area contributed by atoms with Crippen LogP contribution < -0.4 is 4.72 Å². The molecule has 2 atom stereocenters. The van der Waals surface area contributed by atoms with Crippen molar-refractivity contribution < 1.29 is 22.3 Å². The van der Waals surface area contributed by atoms with Crippen molar-refractivity contribution >= 4 is 15.7 Å². The summed E-state index contributed by atoms with van der Waals surface area (Å²) in [4.78, 5) is 4.25. The Bertz CT molecular complexity index is 795. The first kappa shape index (κ1) is 17.9. The molecule has 3 rings (SSSR count). The second-order valence-electron chi connectivity index (χ2n) is 6.11. The third kappa shape index (κ3) is 4.59. The molecule has 1 aromatic carbocycles. The fourth-order valence-corrected chi connectivity index (χ4v) is 4.30. The molecule has 2 unspecified atom stereocenters. The van der Waals surface area contributed by atoms with E-state index in [2.05, 4.69) is 9.71 Å². The summed E-state index contributed by atoms with van der Waals surface area (Å²) < 4.78 is 43.3. The lowest BCUT2D eigenvalue weighted by Crippen LogP contribution is -2.33. The molecule has 1 N–H and O–H groups in total. The van der Waals surface area contributed by atoms with Gasteiger partial charge in [-0.15, -0.1) is 0 Å². The lowest BCUT2D eigenvalue weighted by molar-refractivity contribution is 0.0612. The van der Waals surface area contributed by atoms with Crippen molar-refractivity contribution in [1.82, 2.24) is 4.98 Å². The van der Waals surface area contributed by atoms with E-state index in [9.17, 15) is 8.42 Å². The predicted molar refractivity (Wildman–Crippen MR) is 93.8 cm³/mol. The molecule has 0 spiro atoms. The van der Waals surface area contributed by atoms with Gasteiger partial charge < -0.3 is 13.9 Å². The number of aryl methyl sites for hydroxylation is 1. The van der Waals surface area contributed by atoms with E-state index >= 15 is 0 Å². The van der Waals surface area contributed by atoms with Gasteiger partial charge in [0.15, 0.2) is 5.89 Å². The van der Waals surface area contributed by atoms with Crippen molar-refractivity contribution in [2.24, 2.45) is 5.92 Å². The largest absolute Gasteiger partial charge is 0.449 e. The summed E-state index contributed by atoms with van der Waals surface area (Å²) >= 11 is 0. The predicted octanol–water partition coefficient (Wildman–Crippen LogP) is 2.44. The monoisotopic (exact) mass is 366 g/mol. The Morgan fingerprint density at radius 1 is 1.36 bits per heavy atom. The number of ether oxygens (including phenoxy) is 2. The summed E-state index contributed by atoms with van der Waals surface area (Å²) in [6.45, 7) is 2.97. The average Bonchev–Trinajstić information content (AvgIpc) is 3.25. The molecular formula is C17H22N2O5S. The molecule has 0 radical (unpaired) electrons. The fourth-order valence-electron chi connectivity index (χ4n) is 2.89. The van der Waals surface area contributed by atoms with Crippen LogP contribution in [0.25, 0.3) is 11.3 Å². The maximum absolute atomic E-state index is 12.4. The van der Waals surface area contributed by atoms with Gasteiger partial charge in [-0.05, 0) is 18.6 Å². The highest BCUT2D eigenvalue weighted by Crippen LogP contribution is 2.23. The third-order valence-electron chi connectivity index (χ3n) is 4.25. The Balaban J connectivity index is 1.65. The number of benzene rings is 1. The number of oxazole rings is 1. The first-order valence-corrected chi connectivity index (χ1v) is 9.75. The van der Waals surface area contributed by atoms with Crippen LogP contribution >= 0.6 is 0 Å². The number of anilines is 1. The Morgan fingerprint density at radius 2 is 2.12 bits per heavy atom. The first-order chi connectivity index (χ1) is 12.0. The highest BCUT2D eigenvalue weighted by atomic mass is 32.2. The van der Waals surface area contributed by atoms with Crippen LogP contribution in [0.3, 0.4) is 0 Å². The maximum atomic E-state index is 12.4. The van der Waals surface area contributed by atoms with Gasteiger partial charge in [0.05, 0.1) is 18.5 Å². The SMILES string of the molecule is COC(CS(=O)(=O)Nc1ccc(-c2coc(C)n2)cc1)C1CCOC1. The third-order valence-corrected chi connectivity index (χ3v) is 5.56. The molecule has 1 saturated heterocycles. The zero-order chi connectivity index (χ0) is 17.9. The summed E-state index contributed by atoms with van der Waals surface area (Å²) in [6, 6.07) is 7.01. The van der Waals surface area contributed by atoms with Crippen molar-refractivity contribution in [3.8, 4) is 11.3 Å². The minimum absolute atomic E-state index is 0.0955. The lowest BCUT2D eigenvalue weighted by atomic mass is 10.0. The van der Waals surface area contributed by atoms with Crippen LogP contribution in [-0.2, 0) is 19.5 Å². The van der Waals surface area contributed by atoms with Crippen molar-refractivity contribution in [1.29, 1.82) is 0 Å². The van der Waals surface area contributed by atoms with Gasteiger partial charge in [0.1, 0.15) is 12.0 Å². The summed E-state index contributed by atoms with van der Waals surface area (Å²) in [7, 11) is -1.99. The molecule has 2 aromatic rings. The molecular weight excluding hydrogens is 344 g/mol. The smallest absolute Gasteiger partial charge is 0.235 e. The summed E-state index contributed by atoms with van der Waals surface area (Å²) in [5.74, 6) is 0.600. The van der Waals surface area contributed by atoms with E-state index in [1.807, 2.05) is 0 Å². The summed E-state index contributed by atoms with van der Waals surface area (Å²) in [5, 5.41) is 0. The normalized spacial score (nSPS) is 19.0. The second-order valence-corrected chi connectivity index (χ2v) is 7.88. The Morgan fingerprint density at radius 3 is 2.68 bits per heavy atom. The van der Waals surface area contributed by atoms with E-state index in [0.29, 0.717) is 30.5 Å². The molecule has 1 aliphatic rings. The fraction of sp³-hybridized carbons (Fsp3) is 0.471. The van der Waals surface area contributed by atoms with E-state index in [4.69, 9.17) is 13.9 Å². The van der Waals surface area contributed by atoms with Crippen LogP contribution in [0.1, 0.15) is 12.3 Å². The number of methoxy groups -OCH3 is 1. The molecule has 8 heteroatoms. The van der Waals surface area contributed by atoms with E-state index in [0.717, 1.165) is 12.0 Å². The van der Waals surface area contributed by atoms with Crippen LogP contribution in [0.5, 0.6) is 0 Å². The molecule has 0 bridgehead atoms. The first-order valence-electron chi connectivity index (χ1n) is 8.10. The van der Waals surface area contributed by atoms with Crippen LogP contribution in [0.4, 0.5) is 5.69 Å². The second kappa shape index (κ2) is 7.55. The molecule has 0 saturated carbocycles. The van der Waals surface area contributed by atoms with Gasteiger partial charge >= 0.3 is 0 Å². The number of nitrogens with zero attached hydrogens (tertiary/aromatic N) is 1. The molecule has 1 aromatic heterocycles. The summed E-state index contributed by atoms with van der Waals surface area (Å²) in [5.41, 5.74) is 2.08. The van der Waals surface area contributed by atoms with Crippen LogP contribution in [0, 0.1) is 12.8 Å². The van der Waals surface area contributed by atoms with Crippen LogP contribution in [0.15, 0.2) is 34.9 Å². The zero-order valence-electron chi connectivity index (χ0n) is 14.3. The molecule has 7 nitrogen and oxygen atoms in total. The number of nitrogens with one attached hydrogen (secondary N) is 1. The highest BCUT2D eigenvalue weighted by Gasteiger charge is 2.30. The summed E-state index contributed by atoms with van der Waals surface area (Å²) in [6.07, 6.45) is 2.01. The average molecular weight is 366 g/mol. The van der Waals surface area contributed by atoms with Crippen LogP contribution in [-0.4, -0.2) is 45.6 Å². The quantitative estimate of drug-likeness (QED) is 0.809. The number of aromatic nitrogens is 1. The molecule has 0 aliphatic carbocycles. The van der Waals surface area contributed by atoms with Gasteiger partial charge in [0.25, 0.3) is 0 Å². The van der Waals surface area contributed by atoms with Gasteiger partial charge in [-0.2, -0.15) is 0 Å². The topological polar surface area (TPSA) is 90.7 Å².